The van der Waals surface area contributed by atoms with Crippen LogP contribution in [0.1, 0.15) is 29.9 Å². The van der Waals surface area contributed by atoms with Gasteiger partial charge in [0.2, 0.25) is 11.8 Å². The van der Waals surface area contributed by atoms with Crippen molar-refractivity contribution in [1.29, 1.82) is 0 Å². The predicted octanol–water partition coefficient (Wildman–Crippen LogP) is 2.85. The smallest absolute Gasteiger partial charge is 0.227 e. The molecule has 0 saturated carbocycles. The zero-order valence-corrected chi connectivity index (χ0v) is 14.5. The molecule has 0 aliphatic carbocycles. The van der Waals surface area contributed by atoms with Crippen molar-refractivity contribution in [3.05, 3.63) is 53.2 Å². The summed E-state index contributed by atoms with van der Waals surface area (Å²) in [6.45, 7) is 4.89. The number of hydrogen-bond donors (Lipinski definition) is 0. The lowest BCUT2D eigenvalue weighted by molar-refractivity contribution is -0.133. The molecule has 1 aliphatic rings. The van der Waals surface area contributed by atoms with Crippen molar-refractivity contribution < 1.29 is 13.9 Å². The average Bonchev–Trinajstić information content (AvgIpc) is 2.56. The number of halogens is 1. The summed E-state index contributed by atoms with van der Waals surface area (Å²) >= 11 is 0. The van der Waals surface area contributed by atoms with Gasteiger partial charge in [0.15, 0.2) is 0 Å². The van der Waals surface area contributed by atoms with Crippen LogP contribution in [-0.4, -0.2) is 40.0 Å². The van der Waals surface area contributed by atoms with Crippen LogP contribution in [0.4, 0.5) is 4.39 Å². The number of carbonyl (C=O) groups excluding carboxylic acids is 1. The Hall–Kier alpha value is -2.50. The number of amides is 1. The molecule has 1 aromatic carbocycles. The Labute approximate surface area is 146 Å². The second-order valence-corrected chi connectivity index (χ2v) is 6.38. The SMILES string of the molecule is Cc1cc(OC2CCCN(C(=O)Cc3ccccc3F)C2)nc(C)n1. The van der Waals surface area contributed by atoms with E-state index in [1.165, 1.54) is 6.07 Å². The summed E-state index contributed by atoms with van der Waals surface area (Å²) in [6.07, 6.45) is 1.69. The van der Waals surface area contributed by atoms with Gasteiger partial charge in [0, 0.05) is 18.3 Å². The molecule has 1 amide bonds. The van der Waals surface area contributed by atoms with E-state index in [1.807, 2.05) is 13.8 Å². The Balaban J connectivity index is 1.62. The molecule has 1 atom stereocenters. The van der Waals surface area contributed by atoms with Crippen LogP contribution in [0.3, 0.4) is 0 Å². The van der Waals surface area contributed by atoms with Crippen molar-refractivity contribution in [3.8, 4) is 5.88 Å². The molecule has 5 nitrogen and oxygen atoms in total. The summed E-state index contributed by atoms with van der Waals surface area (Å²) in [6, 6.07) is 8.20. The van der Waals surface area contributed by atoms with Crippen molar-refractivity contribution in [2.24, 2.45) is 0 Å². The Morgan fingerprint density at radius 2 is 2.12 bits per heavy atom. The summed E-state index contributed by atoms with van der Waals surface area (Å²) in [5, 5.41) is 0. The number of aromatic nitrogens is 2. The van der Waals surface area contributed by atoms with Gasteiger partial charge in [0.25, 0.3) is 0 Å². The van der Waals surface area contributed by atoms with Crippen molar-refractivity contribution in [2.75, 3.05) is 13.1 Å². The first-order chi connectivity index (χ1) is 12.0. The van der Waals surface area contributed by atoms with Gasteiger partial charge in [-0.05, 0) is 38.3 Å². The zero-order chi connectivity index (χ0) is 17.8. The Kier molecular flexibility index (Phi) is 5.26. The first kappa shape index (κ1) is 17.3. The fourth-order valence-corrected chi connectivity index (χ4v) is 3.09. The van der Waals surface area contributed by atoms with Gasteiger partial charge in [-0.2, -0.15) is 4.98 Å². The molecule has 1 fully saturated rings. The van der Waals surface area contributed by atoms with Crippen LogP contribution >= 0.6 is 0 Å². The second kappa shape index (κ2) is 7.59. The predicted molar refractivity (Wildman–Crippen MR) is 91.8 cm³/mol. The van der Waals surface area contributed by atoms with E-state index in [-0.39, 0.29) is 24.2 Å². The number of likely N-dealkylation sites (tertiary alicyclic amines) is 1. The van der Waals surface area contributed by atoms with E-state index in [2.05, 4.69) is 9.97 Å². The maximum atomic E-state index is 13.7. The van der Waals surface area contributed by atoms with Crippen LogP contribution in [0, 0.1) is 19.7 Å². The fourth-order valence-electron chi connectivity index (χ4n) is 3.09. The lowest BCUT2D eigenvalue weighted by Gasteiger charge is -2.32. The highest BCUT2D eigenvalue weighted by atomic mass is 19.1. The van der Waals surface area contributed by atoms with Crippen LogP contribution < -0.4 is 4.74 Å². The third kappa shape index (κ3) is 4.53. The van der Waals surface area contributed by atoms with Crippen LogP contribution in [0.25, 0.3) is 0 Å². The highest BCUT2D eigenvalue weighted by molar-refractivity contribution is 5.79. The third-order valence-corrected chi connectivity index (χ3v) is 4.26. The molecule has 0 N–H and O–H groups in total. The van der Waals surface area contributed by atoms with Crippen molar-refractivity contribution in [3.63, 3.8) is 0 Å². The number of hydrogen-bond acceptors (Lipinski definition) is 4. The van der Waals surface area contributed by atoms with Gasteiger partial charge in [-0.25, -0.2) is 9.37 Å². The molecule has 25 heavy (non-hydrogen) atoms. The van der Waals surface area contributed by atoms with Gasteiger partial charge in [-0.15, -0.1) is 0 Å². The lowest BCUT2D eigenvalue weighted by Crippen LogP contribution is -2.45. The molecular weight excluding hydrogens is 321 g/mol. The summed E-state index contributed by atoms with van der Waals surface area (Å²) in [5.74, 6) is 0.790. The summed E-state index contributed by atoms with van der Waals surface area (Å²) < 4.78 is 19.7. The van der Waals surface area contributed by atoms with Gasteiger partial charge >= 0.3 is 0 Å². The summed E-state index contributed by atoms with van der Waals surface area (Å²) in [7, 11) is 0. The first-order valence-corrected chi connectivity index (χ1v) is 8.51. The molecule has 3 rings (SSSR count). The molecule has 2 heterocycles. The fraction of sp³-hybridized carbons (Fsp3) is 0.421. The molecule has 2 aromatic rings. The summed E-state index contributed by atoms with van der Waals surface area (Å²) in [5.41, 5.74) is 1.28. The first-order valence-electron chi connectivity index (χ1n) is 8.51. The molecule has 1 aliphatic heterocycles. The maximum absolute atomic E-state index is 13.7. The van der Waals surface area contributed by atoms with Crippen LogP contribution in [-0.2, 0) is 11.2 Å². The van der Waals surface area contributed by atoms with Gasteiger partial charge in [-0.3, -0.25) is 4.79 Å². The summed E-state index contributed by atoms with van der Waals surface area (Å²) in [4.78, 5) is 22.8. The number of ether oxygens (including phenoxy) is 1. The molecule has 132 valence electrons. The van der Waals surface area contributed by atoms with Crippen LogP contribution in [0.5, 0.6) is 5.88 Å². The molecule has 1 unspecified atom stereocenters. The number of benzene rings is 1. The van der Waals surface area contributed by atoms with E-state index in [0.29, 0.717) is 30.4 Å². The zero-order valence-electron chi connectivity index (χ0n) is 14.5. The topological polar surface area (TPSA) is 55.3 Å². The maximum Gasteiger partial charge on any atom is 0.227 e. The highest BCUT2D eigenvalue weighted by Gasteiger charge is 2.25. The van der Waals surface area contributed by atoms with Gasteiger partial charge < -0.3 is 9.64 Å². The van der Waals surface area contributed by atoms with E-state index in [1.54, 1.807) is 29.2 Å². The Morgan fingerprint density at radius 3 is 2.88 bits per heavy atom. The van der Waals surface area contributed by atoms with E-state index < -0.39 is 0 Å². The standard InChI is InChI=1S/C19H22FN3O2/c1-13-10-18(22-14(2)21-13)25-16-7-5-9-23(12-16)19(24)11-15-6-3-4-8-17(15)20/h3-4,6,8,10,16H,5,7,9,11-12H2,1-2H3. The number of rotatable bonds is 4. The van der Waals surface area contributed by atoms with Gasteiger partial charge in [0.1, 0.15) is 17.7 Å². The van der Waals surface area contributed by atoms with Crippen LogP contribution in [0.15, 0.2) is 30.3 Å². The van der Waals surface area contributed by atoms with Crippen molar-refractivity contribution >= 4 is 5.91 Å². The van der Waals surface area contributed by atoms with Crippen molar-refractivity contribution in [2.45, 2.75) is 39.2 Å². The Morgan fingerprint density at radius 1 is 1.32 bits per heavy atom. The van der Waals surface area contributed by atoms with E-state index >= 15 is 0 Å². The molecule has 1 saturated heterocycles. The van der Waals surface area contributed by atoms with Crippen molar-refractivity contribution in [1.82, 2.24) is 14.9 Å². The molecule has 0 radical (unpaired) electrons. The molecular formula is C19H22FN3O2. The highest BCUT2D eigenvalue weighted by Crippen LogP contribution is 2.19. The number of carbonyl (C=O) groups is 1. The number of piperidine rings is 1. The minimum atomic E-state index is -0.340. The molecule has 0 bridgehead atoms. The quantitative estimate of drug-likeness (QED) is 0.857. The van der Waals surface area contributed by atoms with Gasteiger partial charge in [-0.1, -0.05) is 18.2 Å². The normalized spacial score (nSPS) is 17.4. The second-order valence-electron chi connectivity index (χ2n) is 6.38. The van der Waals surface area contributed by atoms with E-state index in [9.17, 15) is 9.18 Å². The van der Waals surface area contributed by atoms with Crippen LogP contribution in [0.2, 0.25) is 0 Å². The minimum Gasteiger partial charge on any atom is -0.472 e. The van der Waals surface area contributed by atoms with Gasteiger partial charge in [0.05, 0.1) is 13.0 Å². The van der Waals surface area contributed by atoms with E-state index in [0.717, 1.165) is 18.5 Å². The molecule has 1 aromatic heterocycles. The average molecular weight is 343 g/mol. The number of aryl methyl sites for hydroxylation is 2. The Bertz CT molecular complexity index is 746. The third-order valence-electron chi connectivity index (χ3n) is 4.26. The molecule has 6 heteroatoms. The largest absolute Gasteiger partial charge is 0.472 e. The minimum absolute atomic E-state index is 0.0745. The van der Waals surface area contributed by atoms with E-state index in [4.69, 9.17) is 4.74 Å². The number of nitrogens with zero attached hydrogens (tertiary/aromatic N) is 3. The monoisotopic (exact) mass is 343 g/mol. The molecule has 0 spiro atoms. The lowest BCUT2D eigenvalue weighted by atomic mass is 10.1.